The van der Waals surface area contributed by atoms with E-state index in [9.17, 15) is 14.4 Å². The monoisotopic (exact) mass is 427 g/mol. The van der Waals surface area contributed by atoms with E-state index >= 15 is 0 Å². The van der Waals surface area contributed by atoms with Crippen LogP contribution >= 0.6 is 15.9 Å². The second-order valence-electron chi connectivity index (χ2n) is 5.75. The summed E-state index contributed by atoms with van der Waals surface area (Å²) in [5.74, 6) is -3.75. The Bertz CT molecular complexity index is 662. The molecule has 8 heteroatoms. The van der Waals surface area contributed by atoms with Gasteiger partial charge in [0.25, 0.3) is 0 Å². The molecule has 0 spiro atoms. The van der Waals surface area contributed by atoms with Crippen LogP contribution in [0.15, 0.2) is 28.7 Å². The van der Waals surface area contributed by atoms with Crippen LogP contribution in [0.4, 0.5) is 0 Å². The lowest BCUT2D eigenvalue weighted by Crippen LogP contribution is -2.42. The average Bonchev–Trinajstić information content (AvgIpc) is 3.03. The first-order chi connectivity index (χ1) is 12.4. The van der Waals surface area contributed by atoms with Gasteiger partial charge in [0, 0.05) is 10.5 Å². The molecule has 0 aliphatic carbocycles. The molecular weight excluding hydrogens is 406 g/mol. The van der Waals surface area contributed by atoms with Gasteiger partial charge >= 0.3 is 17.9 Å². The second kappa shape index (κ2) is 9.14. The molecule has 1 N–H and O–H groups in total. The maximum atomic E-state index is 12.6. The number of rotatable bonds is 6. The SMILES string of the molecule is CCOC(=O)[C@@H]1[C@H](C(=O)OCC)[C@@H](c2ccc(Br)cc2)N[C@H]1C(=O)OC. The van der Waals surface area contributed by atoms with Crippen molar-refractivity contribution in [3.05, 3.63) is 34.3 Å². The Morgan fingerprint density at radius 1 is 0.962 bits per heavy atom. The number of esters is 3. The first-order valence-corrected chi connectivity index (χ1v) is 9.16. The molecule has 0 bridgehead atoms. The number of nitrogens with one attached hydrogen (secondary N) is 1. The number of halogens is 1. The maximum absolute atomic E-state index is 12.6. The normalized spacial score (nSPS) is 24.8. The lowest BCUT2D eigenvalue weighted by molar-refractivity contribution is -0.162. The van der Waals surface area contributed by atoms with Gasteiger partial charge in [-0.15, -0.1) is 0 Å². The molecule has 1 aromatic carbocycles. The van der Waals surface area contributed by atoms with Crippen molar-refractivity contribution < 1.29 is 28.6 Å². The van der Waals surface area contributed by atoms with Gasteiger partial charge in [0.05, 0.1) is 32.2 Å². The predicted molar refractivity (Wildman–Crippen MR) is 96.1 cm³/mol. The quantitative estimate of drug-likeness (QED) is 0.548. The molecule has 1 aliphatic heterocycles. The van der Waals surface area contributed by atoms with Crippen LogP contribution in [-0.2, 0) is 28.6 Å². The highest BCUT2D eigenvalue weighted by Crippen LogP contribution is 2.39. The van der Waals surface area contributed by atoms with Gasteiger partial charge in [-0.1, -0.05) is 28.1 Å². The molecule has 0 unspecified atom stereocenters. The van der Waals surface area contributed by atoms with Crippen molar-refractivity contribution in [1.82, 2.24) is 5.32 Å². The van der Waals surface area contributed by atoms with Crippen LogP contribution < -0.4 is 5.32 Å². The zero-order valence-corrected chi connectivity index (χ0v) is 16.4. The molecule has 26 heavy (non-hydrogen) atoms. The van der Waals surface area contributed by atoms with Gasteiger partial charge < -0.3 is 14.2 Å². The highest BCUT2D eigenvalue weighted by atomic mass is 79.9. The molecule has 7 nitrogen and oxygen atoms in total. The van der Waals surface area contributed by atoms with E-state index < -0.39 is 41.8 Å². The number of methoxy groups -OCH3 is 1. The van der Waals surface area contributed by atoms with E-state index in [1.165, 1.54) is 7.11 Å². The predicted octanol–water partition coefficient (Wildman–Crippen LogP) is 1.99. The third-order valence-electron chi connectivity index (χ3n) is 4.27. The summed E-state index contributed by atoms with van der Waals surface area (Å²) in [5, 5.41) is 3.06. The van der Waals surface area contributed by atoms with Crippen LogP contribution in [0, 0.1) is 11.8 Å². The van der Waals surface area contributed by atoms with E-state index in [4.69, 9.17) is 14.2 Å². The fraction of sp³-hybridized carbons (Fsp3) is 0.500. The van der Waals surface area contributed by atoms with Crippen LogP contribution in [-0.4, -0.2) is 44.3 Å². The standard InChI is InChI=1S/C18H22BrNO6/c1-4-25-16(21)12-13(17(22)26-5-2)15(18(23)24-3)20-14(12)10-6-8-11(19)9-7-10/h6-9,12-15,20H,4-5H2,1-3H3/t12-,13+,14+,15+/m0/s1. The first-order valence-electron chi connectivity index (χ1n) is 8.37. The largest absolute Gasteiger partial charge is 0.468 e. The second-order valence-corrected chi connectivity index (χ2v) is 6.67. The Morgan fingerprint density at radius 2 is 1.50 bits per heavy atom. The molecule has 2 rings (SSSR count). The Kier molecular flexibility index (Phi) is 7.16. The van der Waals surface area contributed by atoms with E-state index in [-0.39, 0.29) is 13.2 Å². The molecular formula is C18H22BrNO6. The van der Waals surface area contributed by atoms with E-state index in [0.717, 1.165) is 10.0 Å². The minimum atomic E-state index is -1.03. The van der Waals surface area contributed by atoms with Crippen molar-refractivity contribution in [3.63, 3.8) is 0 Å². The van der Waals surface area contributed by atoms with E-state index in [1.807, 2.05) is 24.3 Å². The van der Waals surface area contributed by atoms with Crippen molar-refractivity contribution in [2.45, 2.75) is 25.9 Å². The Hall–Kier alpha value is -1.93. The van der Waals surface area contributed by atoms with Gasteiger partial charge in [0.15, 0.2) is 0 Å². The van der Waals surface area contributed by atoms with Crippen molar-refractivity contribution in [1.29, 1.82) is 0 Å². The zero-order valence-electron chi connectivity index (χ0n) is 14.9. The topological polar surface area (TPSA) is 90.9 Å². The average molecular weight is 428 g/mol. The van der Waals surface area contributed by atoms with Crippen molar-refractivity contribution >= 4 is 33.8 Å². The first kappa shape index (κ1) is 20.4. The van der Waals surface area contributed by atoms with Gasteiger partial charge in [0.1, 0.15) is 6.04 Å². The van der Waals surface area contributed by atoms with Crippen molar-refractivity contribution in [2.75, 3.05) is 20.3 Å². The summed E-state index contributed by atoms with van der Waals surface area (Å²) in [7, 11) is 1.23. The summed E-state index contributed by atoms with van der Waals surface area (Å²) >= 11 is 3.36. The van der Waals surface area contributed by atoms with Crippen LogP contribution in [0.2, 0.25) is 0 Å². The third-order valence-corrected chi connectivity index (χ3v) is 4.79. The van der Waals surface area contributed by atoms with Crippen LogP contribution in [0.25, 0.3) is 0 Å². The fourth-order valence-electron chi connectivity index (χ4n) is 3.17. The van der Waals surface area contributed by atoms with Crippen LogP contribution in [0.5, 0.6) is 0 Å². The van der Waals surface area contributed by atoms with Gasteiger partial charge in [0.2, 0.25) is 0 Å². The summed E-state index contributed by atoms with van der Waals surface area (Å²) in [6.45, 7) is 3.66. The number of benzene rings is 1. The summed E-state index contributed by atoms with van der Waals surface area (Å²) in [6.07, 6.45) is 0. The fourth-order valence-corrected chi connectivity index (χ4v) is 3.44. The Balaban J connectivity index is 2.47. The minimum absolute atomic E-state index is 0.141. The van der Waals surface area contributed by atoms with Crippen molar-refractivity contribution in [3.8, 4) is 0 Å². The highest BCUT2D eigenvalue weighted by molar-refractivity contribution is 9.10. The van der Waals surface area contributed by atoms with Gasteiger partial charge in [-0.25, -0.2) is 0 Å². The summed E-state index contributed by atoms with van der Waals surface area (Å²) < 4.78 is 16.0. The molecule has 1 heterocycles. The number of ether oxygens (including phenoxy) is 3. The molecule has 0 aromatic heterocycles. The molecule has 4 atom stereocenters. The van der Waals surface area contributed by atoms with E-state index in [0.29, 0.717) is 0 Å². The number of hydrogen-bond acceptors (Lipinski definition) is 7. The highest BCUT2D eigenvalue weighted by Gasteiger charge is 2.55. The van der Waals surface area contributed by atoms with E-state index in [1.54, 1.807) is 13.8 Å². The summed E-state index contributed by atoms with van der Waals surface area (Å²) in [6, 6.07) is 5.70. The van der Waals surface area contributed by atoms with Gasteiger partial charge in [-0.2, -0.15) is 0 Å². The van der Waals surface area contributed by atoms with Gasteiger partial charge in [-0.3, -0.25) is 19.7 Å². The maximum Gasteiger partial charge on any atom is 0.323 e. The lowest BCUT2D eigenvalue weighted by atomic mass is 9.84. The van der Waals surface area contributed by atoms with Crippen LogP contribution in [0.3, 0.4) is 0 Å². The van der Waals surface area contributed by atoms with Crippen molar-refractivity contribution in [2.24, 2.45) is 11.8 Å². The molecule has 1 fully saturated rings. The number of carbonyl (C=O) groups is 3. The molecule has 0 radical (unpaired) electrons. The Labute approximate surface area is 160 Å². The summed E-state index contributed by atoms with van der Waals surface area (Å²) in [5.41, 5.74) is 0.756. The number of carbonyl (C=O) groups excluding carboxylic acids is 3. The molecule has 0 saturated carbocycles. The third kappa shape index (κ3) is 4.24. The zero-order chi connectivity index (χ0) is 19.3. The smallest absolute Gasteiger partial charge is 0.323 e. The van der Waals surface area contributed by atoms with E-state index in [2.05, 4.69) is 21.2 Å². The molecule has 1 saturated heterocycles. The molecule has 1 aliphatic rings. The lowest BCUT2D eigenvalue weighted by Gasteiger charge is -2.22. The minimum Gasteiger partial charge on any atom is -0.468 e. The van der Waals surface area contributed by atoms with Gasteiger partial charge in [-0.05, 0) is 31.5 Å². The summed E-state index contributed by atoms with van der Waals surface area (Å²) in [4.78, 5) is 37.4. The Morgan fingerprint density at radius 3 is 2.00 bits per heavy atom. The molecule has 0 amide bonds. The van der Waals surface area contributed by atoms with Crippen LogP contribution in [0.1, 0.15) is 25.5 Å². The molecule has 1 aromatic rings. The molecule has 142 valence electrons. The number of hydrogen-bond donors (Lipinski definition) is 1.